The SMILES string of the molecule is COc1ccc(-n2cnnc2SCC(=O)NC2CCCCCCC2)cc1. The first kappa shape index (κ1) is 18.8. The van der Waals surface area contributed by atoms with Crippen molar-refractivity contribution in [2.75, 3.05) is 12.9 Å². The Morgan fingerprint density at radius 1 is 1.19 bits per heavy atom. The van der Waals surface area contributed by atoms with E-state index in [0.717, 1.165) is 24.3 Å². The fourth-order valence-corrected chi connectivity index (χ4v) is 3.98. The van der Waals surface area contributed by atoms with Crippen molar-refractivity contribution >= 4 is 17.7 Å². The summed E-state index contributed by atoms with van der Waals surface area (Å²) >= 11 is 1.41. The number of methoxy groups -OCH3 is 1. The lowest BCUT2D eigenvalue weighted by molar-refractivity contribution is -0.119. The maximum atomic E-state index is 12.3. The summed E-state index contributed by atoms with van der Waals surface area (Å²) in [5.74, 6) is 1.23. The Labute approximate surface area is 158 Å². The summed E-state index contributed by atoms with van der Waals surface area (Å²) in [6, 6.07) is 8.00. The molecule has 1 aliphatic rings. The third-order valence-electron chi connectivity index (χ3n) is 4.67. The number of hydrogen-bond acceptors (Lipinski definition) is 5. The van der Waals surface area contributed by atoms with Crippen molar-refractivity contribution in [1.29, 1.82) is 0 Å². The van der Waals surface area contributed by atoms with E-state index in [2.05, 4.69) is 15.5 Å². The second-order valence-corrected chi connectivity index (χ2v) is 7.52. The van der Waals surface area contributed by atoms with Gasteiger partial charge >= 0.3 is 0 Å². The second-order valence-electron chi connectivity index (χ2n) is 6.58. The normalized spacial score (nSPS) is 15.9. The third kappa shape index (κ3) is 5.24. The van der Waals surface area contributed by atoms with Crippen molar-refractivity contribution in [3.8, 4) is 11.4 Å². The molecule has 7 heteroatoms. The molecule has 1 amide bonds. The summed E-state index contributed by atoms with van der Waals surface area (Å²) in [5.41, 5.74) is 0.943. The van der Waals surface area contributed by atoms with E-state index in [1.165, 1.54) is 43.9 Å². The molecule has 0 aliphatic heterocycles. The molecule has 26 heavy (non-hydrogen) atoms. The number of amides is 1. The van der Waals surface area contributed by atoms with Crippen molar-refractivity contribution in [2.45, 2.75) is 56.1 Å². The van der Waals surface area contributed by atoms with Crippen molar-refractivity contribution in [1.82, 2.24) is 20.1 Å². The van der Waals surface area contributed by atoms with Gasteiger partial charge in [0.2, 0.25) is 5.91 Å². The summed E-state index contributed by atoms with van der Waals surface area (Å²) in [4.78, 5) is 12.3. The smallest absolute Gasteiger partial charge is 0.230 e. The predicted octanol–water partition coefficient (Wildman–Crippen LogP) is 3.60. The third-order valence-corrected chi connectivity index (χ3v) is 5.61. The van der Waals surface area contributed by atoms with Gasteiger partial charge < -0.3 is 10.1 Å². The highest BCUT2D eigenvalue weighted by Crippen LogP contribution is 2.22. The molecule has 6 nitrogen and oxygen atoms in total. The molecule has 1 heterocycles. The Bertz CT molecular complexity index is 694. The Hall–Kier alpha value is -2.02. The molecule has 3 rings (SSSR count). The van der Waals surface area contributed by atoms with Crippen molar-refractivity contribution < 1.29 is 9.53 Å². The maximum Gasteiger partial charge on any atom is 0.230 e. The van der Waals surface area contributed by atoms with Crippen LogP contribution in [0.4, 0.5) is 0 Å². The Morgan fingerprint density at radius 2 is 1.88 bits per heavy atom. The minimum atomic E-state index is 0.0739. The van der Waals surface area contributed by atoms with Gasteiger partial charge in [-0.25, -0.2) is 0 Å². The van der Waals surface area contributed by atoms with Crippen LogP contribution in [0.15, 0.2) is 35.7 Å². The van der Waals surface area contributed by atoms with E-state index in [0.29, 0.717) is 17.0 Å². The van der Waals surface area contributed by atoms with Gasteiger partial charge in [-0.1, -0.05) is 43.9 Å². The minimum Gasteiger partial charge on any atom is -0.497 e. The van der Waals surface area contributed by atoms with Crippen molar-refractivity contribution in [2.24, 2.45) is 0 Å². The molecule has 140 valence electrons. The molecule has 0 radical (unpaired) electrons. The number of carbonyl (C=O) groups excluding carboxylic acids is 1. The number of nitrogens with zero attached hydrogens (tertiary/aromatic N) is 3. The lowest BCUT2D eigenvalue weighted by Gasteiger charge is -2.20. The first-order valence-corrected chi connectivity index (χ1v) is 10.2. The molecule has 0 bridgehead atoms. The van der Waals surface area contributed by atoms with Gasteiger partial charge in [-0.05, 0) is 37.1 Å². The van der Waals surface area contributed by atoms with E-state index in [9.17, 15) is 4.79 Å². The summed E-state index contributed by atoms with van der Waals surface area (Å²) in [6.07, 6.45) is 10.2. The monoisotopic (exact) mass is 374 g/mol. The van der Waals surface area contributed by atoms with Crippen LogP contribution in [0, 0.1) is 0 Å². The van der Waals surface area contributed by atoms with Crippen LogP contribution >= 0.6 is 11.8 Å². The van der Waals surface area contributed by atoms with Gasteiger partial charge in [0.1, 0.15) is 12.1 Å². The molecule has 1 saturated carbocycles. The van der Waals surface area contributed by atoms with E-state index in [1.807, 2.05) is 28.8 Å². The first-order valence-electron chi connectivity index (χ1n) is 9.23. The highest BCUT2D eigenvalue weighted by atomic mass is 32.2. The topological polar surface area (TPSA) is 69.0 Å². The van der Waals surface area contributed by atoms with Crippen LogP contribution in [0.2, 0.25) is 0 Å². The molecule has 1 aliphatic carbocycles. The molecule has 0 saturated heterocycles. The molecule has 1 aromatic carbocycles. The van der Waals surface area contributed by atoms with Crippen LogP contribution in [-0.4, -0.2) is 39.6 Å². The van der Waals surface area contributed by atoms with Gasteiger partial charge in [0.25, 0.3) is 0 Å². The van der Waals surface area contributed by atoms with Gasteiger partial charge in [0.05, 0.1) is 12.9 Å². The number of hydrogen-bond donors (Lipinski definition) is 1. The maximum absolute atomic E-state index is 12.3. The highest BCUT2D eigenvalue weighted by molar-refractivity contribution is 7.99. The number of thioether (sulfide) groups is 1. The van der Waals surface area contributed by atoms with Gasteiger partial charge in [0, 0.05) is 11.7 Å². The summed E-state index contributed by atoms with van der Waals surface area (Å²) in [7, 11) is 1.64. The van der Waals surface area contributed by atoms with Gasteiger partial charge in [-0.15, -0.1) is 10.2 Å². The molecule has 1 fully saturated rings. The zero-order valence-electron chi connectivity index (χ0n) is 15.2. The fourth-order valence-electron chi connectivity index (χ4n) is 3.24. The summed E-state index contributed by atoms with van der Waals surface area (Å²) < 4.78 is 7.07. The average Bonchev–Trinajstić information content (AvgIpc) is 3.11. The molecule has 0 unspecified atom stereocenters. The van der Waals surface area contributed by atoms with Gasteiger partial charge in [-0.2, -0.15) is 0 Å². The van der Waals surface area contributed by atoms with Crippen molar-refractivity contribution in [3.05, 3.63) is 30.6 Å². The number of carbonyl (C=O) groups is 1. The lowest BCUT2D eigenvalue weighted by Crippen LogP contribution is -2.36. The summed E-state index contributed by atoms with van der Waals surface area (Å²) in [5, 5.41) is 12.0. The van der Waals surface area contributed by atoms with Crippen LogP contribution in [0.5, 0.6) is 5.75 Å². The van der Waals surface area contributed by atoms with Gasteiger partial charge in [-0.3, -0.25) is 9.36 Å². The second kappa shape index (κ2) is 9.62. The number of benzene rings is 1. The molecular formula is C19H26N4O2S. The molecule has 2 aromatic rings. The van der Waals surface area contributed by atoms with E-state index in [1.54, 1.807) is 13.4 Å². The van der Waals surface area contributed by atoms with Crippen molar-refractivity contribution in [3.63, 3.8) is 0 Å². The van der Waals surface area contributed by atoms with E-state index in [-0.39, 0.29) is 5.91 Å². The lowest BCUT2D eigenvalue weighted by atomic mass is 9.97. The van der Waals surface area contributed by atoms with Crippen LogP contribution < -0.4 is 10.1 Å². The highest BCUT2D eigenvalue weighted by Gasteiger charge is 2.15. The van der Waals surface area contributed by atoms with Crippen LogP contribution in [0.25, 0.3) is 5.69 Å². The van der Waals surface area contributed by atoms with E-state index >= 15 is 0 Å². The molecule has 1 N–H and O–H groups in total. The quantitative estimate of drug-likeness (QED) is 0.783. The minimum absolute atomic E-state index is 0.0739. The Morgan fingerprint density at radius 3 is 2.58 bits per heavy atom. The fraction of sp³-hybridized carbons (Fsp3) is 0.526. The van der Waals surface area contributed by atoms with Gasteiger partial charge in [0.15, 0.2) is 5.16 Å². The largest absolute Gasteiger partial charge is 0.497 e. The first-order chi connectivity index (χ1) is 12.8. The Balaban J connectivity index is 1.54. The number of aromatic nitrogens is 3. The van der Waals surface area contributed by atoms with Crippen LogP contribution in [0.1, 0.15) is 44.9 Å². The molecule has 0 atom stereocenters. The molecule has 0 spiro atoms. The number of nitrogens with one attached hydrogen (secondary N) is 1. The summed E-state index contributed by atoms with van der Waals surface area (Å²) in [6.45, 7) is 0. The van der Waals surface area contributed by atoms with E-state index in [4.69, 9.17) is 4.74 Å². The zero-order chi connectivity index (χ0) is 18.2. The molecular weight excluding hydrogens is 348 g/mol. The number of rotatable bonds is 6. The average molecular weight is 375 g/mol. The van der Waals surface area contributed by atoms with Crippen LogP contribution in [0.3, 0.4) is 0 Å². The number of ether oxygens (including phenoxy) is 1. The predicted molar refractivity (Wildman–Crippen MR) is 103 cm³/mol. The standard InChI is InChI=1S/C19H26N4O2S/c1-25-17-11-9-16(10-12-17)23-14-20-22-19(23)26-13-18(24)21-15-7-5-3-2-4-6-8-15/h9-12,14-15H,2-8,13H2,1H3,(H,21,24). The Kier molecular flexibility index (Phi) is 6.94. The van der Waals surface area contributed by atoms with Crippen LogP contribution in [-0.2, 0) is 4.79 Å². The van der Waals surface area contributed by atoms with E-state index < -0.39 is 0 Å². The molecule has 1 aromatic heterocycles. The zero-order valence-corrected chi connectivity index (χ0v) is 16.0.